The average molecular weight is 371 g/mol. The van der Waals surface area contributed by atoms with Gasteiger partial charge < -0.3 is 19.7 Å². The predicted octanol–water partition coefficient (Wildman–Crippen LogP) is 2.67. The van der Waals surface area contributed by atoms with Gasteiger partial charge in [0.1, 0.15) is 5.82 Å². The first-order chi connectivity index (χ1) is 13.0. The van der Waals surface area contributed by atoms with Crippen molar-refractivity contribution < 1.29 is 4.79 Å². The molecule has 146 valence electrons. The number of carbonyl (C=O) groups excluding carboxylic acids is 1. The van der Waals surface area contributed by atoms with Gasteiger partial charge in [0, 0.05) is 43.4 Å². The largest absolute Gasteiger partial charge is 0.331 e. The zero-order chi connectivity index (χ0) is 19.2. The number of hydrogen-bond acceptors (Lipinski definition) is 4. The molecule has 0 unspecified atom stereocenters. The van der Waals surface area contributed by atoms with E-state index in [1.54, 1.807) is 18.6 Å². The Bertz CT molecular complexity index is 721. The Balaban J connectivity index is 1.69. The number of urea groups is 1. The van der Waals surface area contributed by atoms with Gasteiger partial charge >= 0.3 is 6.03 Å². The first kappa shape index (κ1) is 19.4. The molecule has 27 heavy (non-hydrogen) atoms. The molecular weight excluding hydrogens is 340 g/mol. The molecule has 2 aromatic rings. The summed E-state index contributed by atoms with van der Waals surface area (Å²) in [6.45, 7) is 7.29. The highest BCUT2D eigenvalue weighted by Crippen LogP contribution is 2.19. The molecule has 1 saturated heterocycles. The molecule has 1 aliphatic heterocycles. The Morgan fingerprint density at radius 3 is 2.63 bits per heavy atom. The summed E-state index contributed by atoms with van der Waals surface area (Å²) in [6, 6.07) is 4.49. The van der Waals surface area contributed by atoms with Crippen molar-refractivity contribution in [2.75, 3.05) is 20.1 Å². The number of piperidine rings is 1. The maximum Gasteiger partial charge on any atom is 0.318 e. The molecule has 0 bridgehead atoms. The van der Waals surface area contributed by atoms with E-state index in [2.05, 4.69) is 45.6 Å². The van der Waals surface area contributed by atoms with Crippen molar-refractivity contribution >= 4 is 6.03 Å². The minimum Gasteiger partial charge on any atom is -0.331 e. The molecule has 0 aromatic carbocycles. The molecule has 7 heteroatoms. The molecule has 1 aliphatic rings. The van der Waals surface area contributed by atoms with Crippen LogP contribution in [0.1, 0.15) is 44.1 Å². The summed E-state index contributed by atoms with van der Waals surface area (Å²) in [4.78, 5) is 25.8. The van der Waals surface area contributed by atoms with Crippen molar-refractivity contribution in [3.8, 4) is 0 Å². The van der Waals surface area contributed by atoms with Crippen molar-refractivity contribution in [3.05, 3.63) is 48.3 Å². The second-order valence-electron chi connectivity index (χ2n) is 7.52. The van der Waals surface area contributed by atoms with Crippen LogP contribution in [0, 0.1) is 0 Å². The molecule has 0 spiro atoms. The summed E-state index contributed by atoms with van der Waals surface area (Å²) in [5.41, 5.74) is 1.10. The van der Waals surface area contributed by atoms with Gasteiger partial charge in [0.05, 0.1) is 6.54 Å². The molecule has 0 radical (unpaired) electrons. The molecule has 1 N–H and O–H groups in total. The summed E-state index contributed by atoms with van der Waals surface area (Å²) < 4.78 is 2.09. The van der Waals surface area contributed by atoms with Crippen molar-refractivity contribution in [2.45, 2.75) is 51.9 Å². The van der Waals surface area contributed by atoms with Gasteiger partial charge in [-0.3, -0.25) is 4.98 Å². The minimum absolute atomic E-state index is 0.0281. The standard InChI is InChI=1S/C20H30N6O/c1-16(2)25-13-10-22-19(25)14-23-20(27)26(15-17-4-8-21-9-5-17)18-6-11-24(3)12-7-18/h4-5,8-10,13,16,18H,6-7,11-12,14-15H2,1-3H3,(H,23,27). The number of hydrogen-bond donors (Lipinski definition) is 1. The maximum absolute atomic E-state index is 13.1. The summed E-state index contributed by atoms with van der Waals surface area (Å²) >= 11 is 0. The quantitative estimate of drug-likeness (QED) is 0.849. The second kappa shape index (κ2) is 8.99. The number of likely N-dealkylation sites (tertiary alicyclic amines) is 1. The van der Waals surface area contributed by atoms with Crippen LogP contribution in [0.3, 0.4) is 0 Å². The SMILES string of the molecule is CC(C)n1ccnc1CNC(=O)N(Cc1ccncc1)C1CCN(C)CC1. The average Bonchev–Trinajstić information content (AvgIpc) is 3.15. The van der Waals surface area contributed by atoms with Crippen LogP contribution in [0.2, 0.25) is 0 Å². The van der Waals surface area contributed by atoms with Gasteiger partial charge in [0.2, 0.25) is 0 Å². The zero-order valence-corrected chi connectivity index (χ0v) is 16.5. The fraction of sp³-hybridized carbons (Fsp3) is 0.550. The zero-order valence-electron chi connectivity index (χ0n) is 16.5. The van der Waals surface area contributed by atoms with Crippen molar-refractivity contribution in [1.82, 2.24) is 29.7 Å². The van der Waals surface area contributed by atoms with Crippen molar-refractivity contribution in [2.24, 2.45) is 0 Å². The molecule has 0 atom stereocenters. The molecule has 3 rings (SSSR count). The van der Waals surface area contributed by atoms with E-state index in [1.165, 1.54) is 0 Å². The third kappa shape index (κ3) is 5.07. The normalized spacial score (nSPS) is 15.9. The fourth-order valence-electron chi connectivity index (χ4n) is 3.57. The molecule has 7 nitrogen and oxygen atoms in total. The highest BCUT2D eigenvalue weighted by atomic mass is 16.2. The number of aromatic nitrogens is 3. The first-order valence-corrected chi connectivity index (χ1v) is 9.68. The molecular formula is C20H30N6O. The molecule has 0 aliphatic carbocycles. The Morgan fingerprint density at radius 1 is 1.26 bits per heavy atom. The number of carbonyl (C=O) groups is 1. The second-order valence-corrected chi connectivity index (χ2v) is 7.52. The number of nitrogens with one attached hydrogen (secondary N) is 1. The topological polar surface area (TPSA) is 66.3 Å². The van der Waals surface area contributed by atoms with Crippen LogP contribution in [0.5, 0.6) is 0 Å². The van der Waals surface area contributed by atoms with Gasteiger partial charge in [-0.2, -0.15) is 0 Å². The van der Waals surface area contributed by atoms with Crippen molar-refractivity contribution in [1.29, 1.82) is 0 Å². The molecule has 3 heterocycles. The summed E-state index contributed by atoms with van der Waals surface area (Å²) in [6.07, 6.45) is 9.29. The van der Waals surface area contributed by atoms with Gasteiger partial charge in [-0.15, -0.1) is 0 Å². The van der Waals surface area contributed by atoms with Gasteiger partial charge in [-0.1, -0.05) is 0 Å². The monoisotopic (exact) mass is 370 g/mol. The minimum atomic E-state index is -0.0281. The summed E-state index contributed by atoms with van der Waals surface area (Å²) in [7, 11) is 2.13. The smallest absolute Gasteiger partial charge is 0.318 e. The molecule has 2 amide bonds. The van der Waals surface area contributed by atoms with E-state index in [0.717, 1.165) is 37.3 Å². The van der Waals surface area contributed by atoms with Gasteiger partial charge in [0.15, 0.2) is 0 Å². The van der Waals surface area contributed by atoms with E-state index >= 15 is 0 Å². The maximum atomic E-state index is 13.1. The lowest BCUT2D eigenvalue weighted by molar-refractivity contribution is 0.126. The van der Waals surface area contributed by atoms with E-state index in [9.17, 15) is 4.79 Å². The highest BCUT2D eigenvalue weighted by Gasteiger charge is 2.27. The van der Waals surface area contributed by atoms with Gasteiger partial charge in [-0.25, -0.2) is 9.78 Å². The number of pyridine rings is 1. The number of amides is 2. The summed E-state index contributed by atoms with van der Waals surface area (Å²) in [5, 5.41) is 3.08. The van der Waals surface area contributed by atoms with Crippen LogP contribution in [0.15, 0.2) is 36.9 Å². The van der Waals surface area contributed by atoms with Crippen LogP contribution >= 0.6 is 0 Å². The fourth-order valence-corrected chi connectivity index (χ4v) is 3.57. The van der Waals surface area contributed by atoms with Crippen LogP contribution < -0.4 is 5.32 Å². The predicted molar refractivity (Wildman–Crippen MR) is 105 cm³/mol. The van der Waals surface area contributed by atoms with Gasteiger partial charge in [0.25, 0.3) is 0 Å². The van der Waals surface area contributed by atoms with Gasteiger partial charge in [-0.05, 0) is 64.5 Å². The third-order valence-corrected chi connectivity index (χ3v) is 5.19. The van der Waals surface area contributed by atoms with Crippen LogP contribution in [0.25, 0.3) is 0 Å². The lowest BCUT2D eigenvalue weighted by Crippen LogP contribution is -2.49. The van der Waals surface area contributed by atoms with Crippen LogP contribution in [-0.4, -0.2) is 56.5 Å². The molecule has 1 fully saturated rings. The Kier molecular flexibility index (Phi) is 6.45. The third-order valence-electron chi connectivity index (χ3n) is 5.19. The Labute approximate surface area is 161 Å². The number of rotatable bonds is 6. The van der Waals surface area contributed by atoms with Crippen LogP contribution in [-0.2, 0) is 13.1 Å². The van der Waals surface area contributed by atoms with Crippen molar-refractivity contribution in [3.63, 3.8) is 0 Å². The Morgan fingerprint density at radius 2 is 1.96 bits per heavy atom. The molecule has 0 saturated carbocycles. The van der Waals surface area contributed by atoms with Crippen LogP contribution in [0.4, 0.5) is 4.79 Å². The lowest BCUT2D eigenvalue weighted by atomic mass is 10.0. The van der Waals surface area contributed by atoms with E-state index in [0.29, 0.717) is 19.1 Å². The Hall–Kier alpha value is -2.41. The lowest BCUT2D eigenvalue weighted by Gasteiger charge is -2.37. The van der Waals surface area contributed by atoms with E-state index in [4.69, 9.17) is 0 Å². The number of nitrogens with zero attached hydrogens (tertiary/aromatic N) is 5. The number of imidazole rings is 1. The first-order valence-electron chi connectivity index (χ1n) is 9.68. The highest BCUT2D eigenvalue weighted by molar-refractivity contribution is 5.74. The van der Waals surface area contributed by atoms with E-state index < -0.39 is 0 Å². The molecule has 2 aromatic heterocycles. The van der Waals surface area contributed by atoms with E-state index in [-0.39, 0.29) is 12.1 Å². The van der Waals surface area contributed by atoms with E-state index in [1.807, 2.05) is 23.2 Å². The summed E-state index contributed by atoms with van der Waals surface area (Å²) in [5.74, 6) is 0.880.